The summed E-state index contributed by atoms with van der Waals surface area (Å²) in [5.74, 6) is -0.245. The Morgan fingerprint density at radius 3 is 1.83 bits per heavy atom. The lowest BCUT2D eigenvalue weighted by Gasteiger charge is -2.30. The van der Waals surface area contributed by atoms with Gasteiger partial charge in [-0.25, -0.2) is 0 Å². The molecule has 0 aromatic heterocycles. The number of Topliss-reactive ketones (excluding diaryl/α,β-unsaturated/α-hetero) is 1. The third kappa shape index (κ3) is 4.53. The lowest BCUT2D eigenvalue weighted by Crippen LogP contribution is -2.39. The molecule has 18 heavy (non-hydrogen) atoms. The van der Waals surface area contributed by atoms with Crippen LogP contribution in [0.1, 0.15) is 25.7 Å². The lowest BCUT2D eigenvalue weighted by atomic mass is 10.1. The van der Waals surface area contributed by atoms with Crippen molar-refractivity contribution in [2.45, 2.75) is 30.7 Å². The molecule has 8 N–H and O–H groups in total. The Hall–Kier alpha value is -0.110. The Balaban J connectivity index is 4.63. The van der Waals surface area contributed by atoms with Crippen molar-refractivity contribution in [3.63, 3.8) is 0 Å². The highest BCUT2D eigenvalue weighted by Gasteiger charge is 2.56. The molecule has 0 aliphatic heterocycles. The van der Waals surface area contributed by atoms with Crippen molar-refractivity contribution >= 4 is 21.0 Å². The molecule has 0 atom stereocenters. The maximum Gasteiger partial charge on any atom is 0.357 e. The van der Waals surface area contributed by atoms with E-state index in [0.717, 1.165) is 0 Å². The molecule has 0 unspecified atom stereocenters. The van der Waals surface area contributed by atoms with E-state index < -0.39 is 26.6 Å². The first-order valence-electron chi connectivity index (χ1n) is 5.07. The van der Waals surface area contributed by atoms with E-state index in [4.69, 9.17) is 31.0 Å². The SMILES string of the molecule is NCC(=O)CCCCC(N)(P(=O)(O)O)P(=O)(O)O. The summed E-state index contributed by atoms with van der Waals surface area (Å²) in [6.07, 6.45) is -0.304. The van der Waals surface area contributed by atoms with Gasteiger partial charge in [0.1, 0.15) is 5.78 Å². The molecule has 0 spiro atoms. The average Bonchev–Trinajstić information content (AvgIpc) is 2.20. The highest BCUT2D eigenvalue weighted by atomic mass is 31.2. The van der Waals surface area contributed by atoms with Crippen LogP contribution in [-0.2, 0) is 13.9 Å². The van der Waals surface area contributed by atoms with E-state index in [-0.39, 0.29) is 31.6 Å². The number of rotatable bonds is 8. The molecule has 9 nitrogen and oxygen atoms in total. The zero-order valence-electron chi connectivity index (χ0n) is 9.60. The summed E-state index contributed by atoms with van der Waals surface area (Å²) in [7, 11) is -10.4. The van der Waals surface area contributed by atoms with Gasteiger partial charge in [-0.05, 0) is 19.3 Å². The standard InChI is InChI=1S/C7H18N2O7P2/c8-5-6(10)3-1-2-4-7(9,17(11,12)13)18(14,15)16/h1-5,8-9H2,(H2,11,12,13)(H2,14,15,16). The number of hydrogen-bond acceptors (Lipinski definition) is 5. The van der Waals surface area contributed by atoms with Gasteiger partial charge >= 0.3 is 15.2 Å². The molecule has 0 aromatic carbocycles. The van der Waals surface area contributed by atoms with E-state index in [1.54, 1.807) is 0 Å². The molecule has 11 heteroatoms. The van der Waals surface area contributed by atoms with Crippen molar-refractivity contribution in [2.24, 2.45) is 11.5 Å². The van der Waals surface area contributed by atoms with E-state index in [9.17, 15) is 13.9 Å². The Bertz CT molecular complexity index is 365. The third-order valence-corrected chi connectivity index (χ3v) is 6.51. The molecule has 0 amide bonds. The topological polar surface area (TPSA) is 184 Å². The van der Waals surface area contributed by atoms with Crippen LogP contribution in [0, 0.1) is 0 Å². The second-order valence-corrected chi connectivity index (χ2v) is 8.04. The molecule has 0 aromatic rings. The summed E-state index contributed by atoms with van der Waals surface area (Å²) in [4.78, 5) is 46.6. The monoisotopic (exact) mass is 304 g/mol. The van der Waals surface area contributed by atoms with Crippen LogP contribution in [-0.4, -0.2) is 36.9 Å². The van der Waals surface area contributed by atoms with Gasteiger partial charge in [-0.3, -0.25) is 13.9 Å². The molecule has 0 saturated heterocycles. The van der Waals surface area contributed by atoms with Crippen LogP contribution in [0.3, 0.4) is 0 Å². The summed E-state index contributed by atoms with van der Waals surface area (Å²) in [5, 5.41) is -2.90. The van der Waals surface area contributed by atoms with Gasteiger partial charge in [-0.15, -0.1) is 0 Å². The molecule has 0 bridgehead atoms. The predicted molar refractivity (Wildman–Crippen MR) is 63.5 cm³/mol. The number of ketones is 1. The van der Waals surface area contributed by atoms with Crippen LogP contribution in [0.4, 0.5) is 0 Å². The number of nitrogens with two attached hydrogens (primary N) is 2. The first-order valence-corrected chi connectivity index (χ1v) is 8.30. The quantitative estimate of drug-likeness (QED) is 0.243. The Kier molecular flexibility index (Phi) is 6.32. The smallest absolute Gasteiger partial charge is 0.324 e. The van der Waals surface area contributed by atoms with Crippen molar-refractivity contribution < 1.29 is 33.5 Å². The third-order valence-electron chi connectivity index (χ3n) is 2.49. The van der Waals surface area contributed by atoms with Gasteiger partial charge in [0.25, 0.3) is 0 Å². The fraction of sp³-hybridized carbons (Fsp3) is 0.857. The van der Waals surface area contributed by atoms with Gasteiger partial charge in [-0.1, -0.05) is 0 Å². The van der Waals surface area contributed by atoms with Crippen LogP contribution < -0.4 is 11.5 Å². The summed E-state index contributed by atoms with van der Waals surface area (Å²) in [6.45, 7) is -0.148. The minimum absolute atomic E-state index is 0.00153. The molecule has 0 fully saturated rings. The van der Waals surface area contributed by atoms with Gasteiger partial charge in [0.2, 0.25) is 5.02 Å². The maximum absolute atomic E-state index is 11.1. The number of carbonyl (C=O) groups is 1. The Morgan fingerprint density at radius 2 is 1.50 bits per heavy atom. The maximum atomic E-state index is 11.1. The minimum atomic E-state index is -5.18. The van der Waals surface area contributed by atoms with E-state index in [0.29, 0.717) is 0 Å². The zero-order valence-corrected chi connectivity index (χ0v) is 11.4. The van der Waals surface area contributed by atoms with Crippen molar-refractivity contribution in [3.05, 3.63) is 0 Å². The van der Waals surface area contributed by atoms with Crippen molar-refractivity contribution in [1.29, 1.82) is 0 Å². The molecule has 0 radical (unpaired) electrons. The molecule has 0 aliphatic rings. The lowest BCUT2D eigenvalue weighted by molar-refractivity contribution is -0.117. The summed E-state index contributed by atoms with van der Waals surface area (Å²) in [6, 6.07) is 0. The molecule has 0 aliphatic carbocycles. The van der Waals surface area contributed by atoms with E-state index in [1.807, 2.05) is 0 Å². The van der Waals surface area contributed by atoms with Crippen LogP contribution in [0.2, 0.25) is 0 Å². The molecule has 108 valence electrons. The van der Waals surface area contributed by atoms with Gasteiger partial charge in [-0.2, -0.15) is 0 Å². The van der Waals surface area contributed by atoms with Crippen molar-refractivity contribution in [1.82, 2.24) is 0 Å². The molecule has 0 saturated carbocycles. The molecule has 0 rings (SSSR count). The second kappa shape index (κ2) is 6.36. The van der Waals surface area contributed by atoms with E-state index in [2.05, 4.69) is 0 Å². The van der Waals surface area contributed by atoms with Crippen LogP contribution >= 0.6 is 15.2 Å². The molecular formula is C7H18N2O7P2. The fourth-order valence-electron chi connectivity index (χ4n) is 1.27. The van der Waals surface area contributed by atoms with E-state index in [1.165, 1.54) is 0 Å². The predicted octanol–water partition coefficient (Wildman–Crippen LogP) is -0.958. The largest absolute Gasteiger partial charge is 0.357 e. The normalized spacial score (nSPS) is 13.7. The van der Waals surface area contributed by atoms with Gasteiger partial charge < -0.3 is 31.0 Å². The fourth-order valence-corrected chi connectivity index (χ4v) is 3.53. The van der Waals surface area contributed by atoms with Crippen molar-refractivity contribution in [3.8, 4) is 0 Å². The summed E-state index contributed by atoms with van der Waals surface area (Å²) < 4.78 is 22.1. The summed E-state index contributed by atoms with van der Waals surface area (Å²) >= 11 is 0. The molecular weight excluding hydrogens is 286 g/mol. The number of hydrogen-bond donors (Lipinski definition) is 6. The Morgan fingerprint density at radius 1 is 1.06 bits per heavy atom. The zero-order chi connectivity index (χ0) is 14.6. The van der Waals surface area contributed by atoms with Gasteiger partial charge in [0.05, 0.1) is 6.54 Å². The number of unbranched alkanes of at least 4 members (excludes halogenated alkanes) is 1. The Labute approximate surface area is 104 Å². The van der Waals surface area contributed by atoms with Crippen LogP contribution in [0.25, 0.3) is 0 Å². The first-order chi connectivity index (χ1) is 7.95. The number of carbonyl (C=O) groups excluding carboxylic acids is 1. The first kappa shape index (κ1) is 17.9. The second-order valence-electron chi connectivity index (χ2n) is 3.92. The highest BCUT2D eigenvalue weighted by molar-refractivity contribution is 7.72. The highest BCUT2D eigenvalue weighted by Crippen LogP contribution is 2.67. The molecule has 0 heterocycles. The van der Waals surface area contributed by atoms with Crippen LogP contribution in [0.5, 0.6) is 0 Å². The minimum Gasteiger partial charge on any atom is -0.324 e. The van der Waals surface area contributed by atoms with Gasteiger partial charge in [0.15, 0.2) is 0 Å². The van der Waals surface area contributed by atoms with Gasteiger partial charge in [0, 0.05) is 6.42 Å². The summed E-state index contributed by atoms with van der Waals surface area (Å²) in [5.41, 5.74) is 10.2. The van der Waals surface area contributed by atoms with Crippen LogP contribution in [0.15, 0.2) is 0 Å². The van der Waals surface area contributed by atoms with Crippen molar-refractivity contribution in [2.75, 3.05) is 6.54 Å². The van der Waals surface area contributed by atoms with E-state index >= 15 is 0 Å². The average molecular weight is 304 g/mol.